The summed E-state index contributed by atoms with van der Waals surface area (Å²) in [7, 11) is 0. The third-order valence-electron chi connectivity index (χ3n) is 7.90. The van der Waals surface area contributed by atoms with Crippen molar-refractivity contribution in [1.82, 2.24) is 0 Å². The second-order valence-electron chi connectivity index (χ2n) is 10.4. The summed E-state index contributed by atoms with van der Waals surface area (Å²) in [6.45, 7) is 17.6. The van der Waals surface area contributed by atoms with Crippen molar-refractivity contribution in [1.29, 1.82) is 0 Å². The average Bonchev–Trinajstić information content (AvgIpc) is 3.66. The monoisotopic (exact) mass is 460 g/mol. The van der Waals surface area contributed by atoms with E-state index in [2.05, 4.69) is 88.9 Å². The van der Waals surface area contributed by atoms with Gasteiger partial charge in [-0.1, -0.05) is 134 Å². The Morgan fingerprint density at radius 2 is 1.47 bits per heavy atom. The van der Waals surface area contributed by atoms with Gasteiger partial charge in [0.2, 0.25) is 0 Å². The lowest BCUT2D eigenvalue weighted by Crippen LogP contribution is -2.03. The van der Waals surface area contributed by atoms with Crippen LogP contribution < -0.4 is 0 Å². The molecule has 0 amide bonds. The maximum atomic E-state index is 4.35. The lowest BCUT2D eigenvalue weighted by Gasteiger charge is -2.20. The van der Waals surface area contributed by atoms with Crippen LogP contribution in [0.2, 0.25) is 0 Å². The van der Waals surface area contributed by atoms with Gasteiger partial charge < -0.3 is 0 Å². The van der Waals surface area contributed by atoms with E-state index >= 15 is 0 Å². The molecule has 2 aliphatic carbocycles. The van der Waals surface area contributed by atoms with Crippen molar-refractivity contribution in [2.24, 2.45) is 11.8 Å². The maximum absolute atomic E-state index is 4.35. The topological polar surface area (TPSA) is 0 Å². The molecule has 0 radical (unpaired) electrons. The average molecular weight is 461 g/mol. The van der Waals surface area contributed by atoms with Crippen molar-refractivity contribution < 1.29 is 0 Å². The normalized spacial score (nSPS) is 21.9. The zero-order valence-corrected chi connectivity index (χ0v) is 23.2. The molecule has 5 atom stereocenters. The summed E-state index contributed by atoms with van der Waals surface area (Å²) in [4.78, 5) is 0. The molecule has 1 saturated carbocycles. The summed E-state index contributed by atoms with van der Waals surface area (Å²) < 4.78 is 0. The van der Waals surface area contributed by atoms with E-state index in [4.69, 9.17) is 0 Å². The van der Waals surface area contributed by atoms with Gasteiger partial charge in [-0.15, -0.1) is 0 Å². The van der Waals surface area contributed by atoms with Crippen molar-refractivity contribution in [3.05, 3.63) is 83.4 Å². The number of rotatable bonds is 9. The molecule has 0 N–H and O–H groups in total. The number of fused-ring (bicyclic) bond motifs is 3. The Bertz CT molecular complexity index is 817. The van der Waals surface area contributed by atoms with Crippen LogP contribution in [0.1, 0.15) is 134 Å². The predicted octanol–water partition coefficient (Wildman–Crippen LogP) is 11.1. The predicted molar refractivity (Wildman–Crippen MR) is 153 cm³/mol. The molecule has 4 rings (SSSR count). The van der Waals surface area contributed by atoms with E-state index in [1.807, 2.05) is 13.8 Å². The summed E-state index contributed by atoms with van der Waals surface area (Å²) in [6, 6.07) is 20.1. The van der Waals surface area contributed by atoms with Crippen LogP contribution in [-0.4, -0.2) is 0 Å². The largest absolute Gasteiger partial charge is 0.0992 e. The zero-order chi connectivity index (χ0) is 24.9. The number of allylic oxidation sites excluding steroid dienone is 1. The molecule has 5 unspecified atom stereocenters. The number of benzene rings is 2. The van der Waals surface area contributed by atoms with Gasteiger partial charge in [-0.2, -0.15) is 0 Å². The third kappa shape index (κ3) is 8.14. The molecule has 0 bridgehead atoms. The van der Waals surface area contributed by atoms with Gasteiger partial charge in [0.05, 0.1) is 0 Å². The van der Waals surface area contributed by atoms with Crippen LogP contribution in [0.5, 0.6) is 0 Å². The van der Waals surface area contributed by atoms with Crippen LogP contribution in [0.25, 0.3) is 0 Å². The first-order valence-corrected chi connectivity index (χ1v) is 14.4. The minimum absolute atomic E-state index is 0.633. The molecule has 2 aliphatic rings. The molecule has 188 valence electrons. The Balaban J connectivity index is 0.000000224. The fraction of sp³-hybridized carbons (Fsp3) is 0.588. The highest BCUT2D eigenvalue weighted by Gasteiger charge is 2.43. The quantitative estimate of drug-likeness (QED) is 0.326. The van der Waals surface area contributed by atoms with Gasteiger partial charge >= 0.3 is 0 Å². The Kier molecular flexibility index (Phi) is 12.7. The van der Waals surface area contributed by atoms with E-state index in [0.717, 1.165) is 23.7 Å². The van der Waals surface area contributed by atoms with Gasteiger partial charge in [0, 0.05) is 5.92 Å². The molecular formula is C34H52. The number of hydrogen-bond acceptors (Lipinski definition) is 0. The third-order valence-corrected chi connectivity index (χ3v) is 7.90. The van der Waals surface area contributed by atoms with Crippen LogP contribution in [0.15, 0.2) is 66.7 Å². The van der Waals surface area contributed by atoms with Gasteiger partial charge in [-0.3, -0.25) is 0 Å². The SMILES string of the molecule is C=C1CC2CC2c2ccccc2C1CCC.CC.CCCC(CCC(C)CC)c1ccccc1. The Morgan fingerprint density at radius 1 is 0.824 bits per heavy atom. The molecule has 2 aromatic rings. The minimum Gasteiger partial charge on any atom is -0.0992 e. The van der Waals surface area contributed by atoms with E-state index in [-0.39, 0.29) is 0 Å². The van der Waals surface area contributed by atoms with E-state index in [9.17, 15) is 0 Å². The van der Waals surface area contributed by atoms with Crippen LogP contribution in [0.3, 0.4) is 0 Å². The maximum Gasteiger partial charge on any atom is 0.00483 e. The van der Waals surface area contributed by atoms with Crippen LogP contribution in [-0.2, 0) is 0 Å². The summed E-state index contributed by atoms with van der Waals surface area (Å²) in [5.74, 6) is 4.06. The Morgan fingerprint density at radius 3 is 2.09 bits per heavy atom. The zero-order valence-electron chi connectivity index (χ0n) is 23.2. The second kappa shape index (κ2) is 15.2. The van der Waals surface area contributed by atoms with Crippen LogP contribution in [0.4, 0.5) is 0 Å². The standard InChI is InChI=1S/C16H20.C16H26.C2H6/c1-3-6-13-11(2)9-12-10-16(12)15-8-5-4-7-14(13)15;1-4-9-15(13-12-14(3)5-2)16-10-7-6-8-11-16;1-2/h4-5,7-8,12-13,16H,2-3,6,9-10H2,1H3;6-8,10-11,14-15H,4-5,9,12-13H2,1-3H3;1-2H3. The smallest absolute Gasteiger partial charge is 0.00483 e. The van der Waals surface area contributed by atoms with Gasteiger partial charge in [-0.05, 0) is 72.5 Å². The minimum atomic E-state index is 0.633. The van der Waals surface area contributed by atoms with E-state index in [1.165, 1.54) is 68.9 Å². The van der Waals surface area contributed by atoms with Gasteiger partial charge in [0.1, 0.15) is 0 Å². The molecule has 0 nitrogen and oxygen atoms in total. The highest BCUT2D eigenvalue weighted by molar-refractivity contribution is 5.43. The van der Waals surface area contributed by atoms with Crippen molar-refractivity contribution >= 4 is 0 Å². The summed E-state index contributed by atoms with van der Waals surface area (Å²) >= 11 is 0. The van der Waals surface area contributed by atoms with Crippen molar-refractivity contribution in [3.8, 4) is 0 Å². The highest BCUT2D eigenvalue weighted by atomic mass is 14.5. The fourth-order valence-corrected chi connectivity index (χ4v) is 5.61. The van der Waals surface area contributed by atoms with Crippen molar-refractivity contribution in [3.63, 3.8) is 0 Å². The lowest BCUT2D eigenvalue weighted by molar-refractivity contribution is 0.445. The molecule has 0 aromatic heterocycles. The number of hydrogen-bond donors (Lipinski definition) is 0. The Hall–Kier alpha value is -1.82. The van der Waals surface area contributed by atoms with Crippen LogP contribution in [0, 0.1) is 11.8 Å². The molecule has 0 heterocycles. The van der Waals surface area contributed by atoms with E-state index in [0.29, 0.717) is 5.92 Å². The fourth-order valence-electron chi connectivity index (χ4n) is 5.61. The molecule has 1 fully saturated rings. The molecule has 34 heavy (non-hydrogen) atoms. The van der Waals surface area contributed by atoms with Crippen LogP contribution >= 0.6 is 0 Å². The van der Waals surface area contributed by atoms with E-state index < -0.39 is 0 Å². The van der Waals surface area contributed by atoms with Crippen molar-refractivity contribution in [2.75, 3.05) is 0 Å². The molecule has 0 saturated heterocycles. The molecule has 0 heteroatoms. The van der Waals surface area contributed by atoms with Gasteiger partial charge in [0.25, 0.3) is 0 Å². The highest BCUT2D eigenvalue weighted by Crippen LogP contribution is 2.57. The lowest BCUT2D eigenvalue weighted by atomic mass is 9.85. The van der Waals surface area contributed by atoms with Gasteiger partial charge in [-0.25, -0.2) is 0 Å². The molecule has 0 spiro atoms. The summed E-state index contributed by atoms with van der Waals surface area (Å²) in [5, 5.41) is 0. The molecular weight excluding hydrogens is 408 g/mol. The second-order valence-corrected chi connectivity index (χ2v) is 10.4. The molecule has 0 aliphatic heterocycles. The summed E-state index contributed by atoms with van der Waals surface area (Å²) in [6.07, 6.45) is 11.9. The molecule has 2 aromatic carbocycles. The van der Waals surface area contributed by atoms with Gasteiger partial charge in [0.15, 0.2) is 0 Å². The Labute approximate surface area is 212 Å². The summed E-state index contributed by atoms with van der Waals surface area (Å²) in [5.41, 5.74) is 6.23. The first-order chi connectivity index (χ1) is 16.6. The first kappa shape index (κ1) is 28.4. The van der Waals surface area contributed by atoms with Crippen molar-refractivity contribution in [2.45, 2.75) is 117 Å². The van der Waals surface area contributed by atoms with E-state index in [1.54, 1.807) is 11.1 Å². The first-order valence-electron chi connectivity index (χ1n) is 14.4.